The number of nitrogens with zero attached hydrogens (tertiary/aromatic N) is 1. The van der Waals surface area contributed by atoms with Gasteiger partial charge in [-0.05, 0) is 61.1 Å². The van der Waals surface area contributed by atoms with Crippen molar-refractivity contribution in [3.05, 3.63) is 47.9 Å². The number of carbonyl (C=O) groups excluding carboxylic acids is 1. The quantitative estimate of drug-likeness (QED) is 0.917. The summed E-state index contributed by atoms with van der Waals surface area (Å²) < 4.78 is 5.33. The van der Waals surface area contributed by atoms with Crippen LogP contribution in [0.2, 0.25) is 0 Å². The Labute approximate surface area is 130 Å². The Hall–Kier alpha value is -2.23. The summed E-state index contributed by atoms with van der Waals surface area (Å²) in [5.74, 6) is 1.91. The van der Waals surface area contributed by atoms with E-state index in [0.717, 1.165) is 30.1 Å². The zero-order chi connectivity index (χ0) is 14.9. The second-order valence-electron chi connectivity index (χ2n) is 6.22. The second kappa shape index (κ2) is 5.52. The third-order valence-electron chi connectivity index (χ3n) is 4.46. The number of aryl methyl sites for hydroxylation is 1. The van der Waals surface area contributed by atoms with Crippen molar-refractivity contribution in [1.29, 1.82) is 0 Å². The molecule has 4 rings (SSSR count). The topological polar surface area (TPSA) is 45.5 Å². The second-order valence-corrected chi connectivity index (χ2v) is 6.22. The Morgan fingerprint density at radius 1 is 1.23 bits per heavy atom. The summed E-state index contributed by atoms with van der Waals surface area (Å²) in [6.45, 7) is 1.57. The number of fused-ring (bicyclic) bond motifs is 1. The van der Waals surface area contributed by atoms with E-state index >= 15 is 0 Å². The molecule has 4 nitrogen and oxygen atoms in total. The highest BCUT2D eigenvalue weighted by atomic mass is 16.3. The molecule has 0 bridgehead atoms. The lowest BCUT2D eigenvalue weighted by Gasteiger charge is -2.30. The average Bonchev–Trinajstić information content (AvgIpc) is 3.20. The van der Waals surface area contributed by atoms with Crippen LogP contribution in [-0.2, 0) is 17.8 Å². The number of benzene rings is 1. The van der Waals surface area contributed by atoms with E-state index in [1.807, 2.05) is 17.0 Å². The fourth-order valence-electron chi connectivity index (χ4n) is 3.03. The van der Waals surface area contributed by atoms with E-state index in [9.17, 15) is 4.79 Å². The van der Waals surface area contributed by atoms with E-state index in [0.29, 0.717) is 18.9 Å². The van der Waals surface area contributed by atoms with Crippen LogP contribution in [0.3, 0.4) is 0 Å². The molecule has 1 aromatic carbocycles. The summed E-state index contributed by atoms with van der Waals surface area (Å²) in [6, 6.07) is 10.2. The van der Waals surface area contributed by atoms with Crippen LogP contribution < -0.4 is 10.2 Å². The molecule has 1 amide bonds. The maximum absolute atomic E-state index is 12.2. The van der Waals surface area contributed by atoms with Gasteiger partial charge in [0.15, 0.2) is 0 Å². The fraction of sp³-hybridized carbons (Fsp3) is 0.389. The molecule has 114 valence electrons. The number of hydrogen-bond acceptors (Lipinski definition) is 3. The van der Waals surface area contributed by atoms with Crippen molar-refractivity contribution in [1.82, 2.24) is 0 Å². The van der Waals surface area contributed by atoms with Gasteiger partial charge in [0.25, 0.3) is 0 Å². The minimum Gasteiger partial charge on any atom is -0.467 e. The van der Waals surface area contributed by atoms with Crippen molar-refractivity contribution in [2.24, 2.45) is 5.92 Å². The van der Waals surface area contributed by atoms with Crippen LogP contribution in [0.15, 0.2) is 41.0 Å². The van der Waals surface area contributed by atoms with Crippen LogP contribution in [0.5, 0.6) is 0 Å². The van der Waals surface area contributed by atoms with Crippen molar-refractivity contribution >= 4 is 17.3 Å². The highest BCUT2D eigenvalue weighted by Crippen LogP contribution is 2.36. The first-order valence-electron chi connectivity index (χ1n) is 7.99. The minimum atomic E-state index is 0.274. The van der Waals surface area contributed by atoms with E-state index < -0.39 is 0 Å². The lowest BCUT2D eigenvalue weighted by Crippen LogP contribution is -2.36. The van der Waals surface area contributed by atoms with Gasteiger partial charge in [-0.2, -0.15) is 0 Å². The lowest BCUT2D eigenvalue weighted by molar-refractivity contribution is -0.118. The first-order chi connectivity index (χ1) is 10.8. The molecule has 2 aromatic rings. The molecule has 0 spiro atoms. The van der Waals surface area contributed by atoms with Crippen LogP contribution in [-0.4, -0.2) is 12.5 Å². The van der Waals surface area contributed by atoms with E-state index in [1.54, 1.807) is 6.26 Å². The standard InChI is InChI=1S/C18H20N2O2/c21-18-8-5-14-10-15(19-11-16-2-1-9-22-16)6-7-17(14)20(18)12-13-3-4-13/h1-2,6-7,9-10,13,19H,3-5,8,11-12H2. The van der Waals surface area contributed by atoms with Crippen molar-refractivity contribution in [3.8, 4) is 0 Å². The molecule has 1 aromatic heterocycles. The minimum absolute atomic E-state index is 0.274. The van der Waals surface area contributed by atoms with Gasteiger partial charge in [-0.1, -0.05) is 0 Å². The molecule has 1 fully saturated rings. The van der Waals surface area contributed by atoms with E-state index in [-0.39, 0.29) is 5.91 Å². The maximum Gasteiger partial charge on any atom is 0.227 e. The smallest absolute Gasteiger partial charge is 0.227 e. The number of nitrogens with one attached hydrogen (secondary N) is 1. The van der Waals surface area contributed by atoms with Gasteiger partial charge in [0.2, 0.25) is 5.91 Å². The van der Waals surface area contributed by atoms with Gasteiger partial charge in [-0.25, -0.2) is 0 Å². The number of furan rings is 1. The summed E-state index contributed by atoms with van der Waals surface area (Å²) in [5.41, 5.74) is 3.45. The molecule has 0 saturated heterocycles. The Bertz CT molecular complexity index is 674. The molecule has 1 N–H and O–H groups in total. The SMILES string of the molecule is O=C1CCc2cc(NCc3ccco3)ccc2N1CC1CC1. The van der Waals surface area contributed by atoms with Crippen LogP contribution >= 0.6 is 0 Å². The fourth-order valence-corrected chi connectivity index (χ4v) is 3.03. The molecular formula is C18H20N2O2. The van der Waals surface area contributed by atoms with E-state index in [1.165, 1.54) is 18.4 Å². The third-order valence-corrected chi connectivity index (χ3v) is 4.46. The largest absolute Gasteiger partial charge is 0.467 e. The van der Waals surface area contributed by atoms with Crippen molar-refractivity contribution in [2.75, 3.05) is 16.8 Å². The predicted octanol–water partition coefficient (Wildman–Crippen LogP) is 3.58. The van der Waals surface area contributed by atoms with Gasteiger partial charge in [0.05, 0.1) is 12.8 Å². The van der Waals surface area contributed by atoms with Crippen LogP contribution in [0.25, 0.3) is 0 Å². The van der Waals surface area contributed by atoms with Crippen molar-refractivity contribution < 1.29 is 9.21 Å². The van der Waals surface area contributed by atoms with Gasteiger partial charge in [-0.15, -0.1) is 0 Å². The van der Waals surface area contributed by atoms with Gasteiger partial charge >= 0.3 is 0 Å². The summed E-state index contributed by atoms with van der Waals surface area (Å²) in [6.07, 6.45) is 5.68. The Morgan fingerprint density at radius 2 is 2.14 bits per heavy atom. The first-order valence-corrected chi connectivity index (χ1v) is 7.99. The number of anilines is 2. The Balaban J connectivity index is 1.51. The summed E-state index contributed by atoms with van der Waals surface area (Å²) in [5, 5.41) is 3.38. The summed E-state index contributed by atoms with van der Waals surface area (Å²) in [7, 11) is 0. The van der Waals surface area contributed by atoms with Crippen molar-refractivity contribution in [2.45, 2.75) is 32.2 Å². The van der Waals surface area contributed by atoms with E-state index in [4.69, 9.17) is 4.42 Å². The van der Waals surface area contributed by atoms with Crippen LogP contribution in [0, 0.1) is 5.92 Å². The van der Waals surface area contributed by atoms with Gasteiger partial charge in [-0.3, -0.25) is 4.79 Å². The summed E-state index contributed by atoms with van der Waals surface area (Å²) >= 11 is 0. The van der Waals surface area contributed by atoms with Gasteiger partial charge < -0.3 is 14.6 Å². The normalized spacial score (nSPS) is 17.5. The monoisotopic (exact) mass is 296 g/mol. The van der Waals surface area contributed by atoms with Crippen LogP contribution in [0.4, 0.5) is 11.4 Å². The molecule has 0 radical (unpaired) electrons. The number of rotatable bonds is 5. The highest BCUT2D eigenvalue weighted by Gasteiger charge is 2.30. The van der Waals surface area contributed by atoms with Crippen molar-refractivity contribution in [3.63, 3.8) is 0 Å². The zero-order valence-electron chi connectivity index (χ0n) is 12.5. The molecule has 22 heavy (non-hydrogen) atoms. The lowest BCUT2D eigenvalue weighted by atomic mass is 10.00. The molecule has 4 heteroatoms. The zero-order valence-corrected chi connectivity index (χ0v) is 12.5. The molecule has 2 heterocycles. The first kappa shape index (κ1) is 13.4. The number of hydrogen-bond donors (Lipinski definition) is 1. The molecule has 1 aliphatic heterocycles. The molecule has 1 aliphatic carbocycles. The van der Waals surface area contributed by atoms with Gasteiger partial charge in [0, 0.05) is 24.3 Å². The molecule has 2 aliphatic rings. The third kappa shape index (κ3) is 2.73. The maximum atomic E-state index is 12.2. The van der Waals surface area contributed by atoms with E-state index in [2.05, 4.69) is 23.5 Å². The molecule has 0 atom stereocenters. The molecule has 0 unspecified atom stereocenters. The average molecular weight is 296 g/mol. The number of carbonyl (C=O) groups is 1. The number of amides is 1. The Kier molecular flexibility index (Phi) is 3.37. The predicted molar refractivity (Wildman–Crippen MR) is 85.9 cm³/mol. The summed E-state index contributed by atoms with van der Waals surface area (Å²) in [4.78, 5) is 14.2. The molecular weight excluding hydrogens is 276 g/mol. The highest BCUT2D eigenvalue weighted by molar-refractivity contribution is 5.96. The molecule has 1 saturated carbocycles. The Morgan fingerprint density at radius 3 is 2.91 bits per heavy atom. The van der Waals surface area contributed by atoms with Crippen LogP contribution in [0.1, 0.15) is 30.6 Å². The van der Waals surface area contributed by atoms with Gasteiger partial charge in [0.1, 0.15) is 5.76 Å².